The van der Waals surface area contributed by atoms with Gasteiger partial charge in [0.1, 0.15) is 6.61 Å². The van der Waals surface area contributed by atoms with Crippen molar-refractivity contribution in [2.24, 2.45) is 28.6 Å². The van der Waals surface area contributed by atoms with Crippen molar-refractivity contribution in [1.29, 1.82) is 0 Å². The summed E-state index contributed by atoms with van der Waals surface area (Å²) in [5.41, 5.74) is 0.254. The van der Waals surface area contributed by atoms with E-state index >= 15 is 0 Å². The molecule has 7 heteroatoms. The summed E-state index contributed by atoms with van der Waals surface area (Å²) in [6.07, 6.45) is 9.12. The monoisotopic (exact) mass is 506 g/mol. The maximum atomic E-state index is 12.3. The number of ether oxygens (including phenoxy) is 2. The molecule has 35 heavy (non-hydrogen) atoms. The number of aliphatic hydroxyl groups is 1. The lowest BCUT2D eigenvalue weighted by Gasteiger charge is -2.61. The van der Waals surface area contributed by atoms with Gasteiger partial charge in [-0.05, 0) is 93.0 Å². The Morgan fingerprint density at radius 2 is 1.91 bits per heavy atom. The molecule has 3 fully saturated rings. The molecule has 0 amide bonds. The largest absolute Gasteiger partial charge is 0.464 e. The minimum Gasteiger partial charge on any atom is -0.464 e. The van der Waals surface area contributed by atoms with E-state index in [0.717, 1.165) is 38.5 Å². The van der Waals surface area contributed by atoms with Gasteiger partial charge >= 0.3 is 5.97 Å². The van der Waals surface area contributed by atoms with Crippen LogP contribution in [-0.2, 0) is 23.9 Å². The lowest BCUT2D eigenvalue weighted by Crippen LogP contribution is -2.57. The summed E-state index contributed by atoms with van der Waals surface area (Å²) in [6.45, 7) is 8.84. The van der Waals surface area contributed by atoms with Crippen LogP contribution in [0.5, 0.6) is 0 Å². The Bertz CT molecular complexity index is 885. The van der Waals surface area contributed by atoms with E-state index in [2.05, 4.69) is 13.8 Å². The predicted molar refractivity (Wildman–Crippen MR) is 136 cm³/mol. The van der Waals surface area contributed by atoms with Crippen molar-refractivity contribution < 1.29 is 29.0 Å². The third kappa shape index (κ3) is 4.89. The molecular formula is C28H42O6S. The van der Waals surface area contributed by atoms with E-state index in [0.29, 0.717) is 50.2 Å². The summed E-state index contributed by atoms with van der Waals surface area (Å²) in [5, 5.41) is 12.2. The van der Waals surface area contributed by atoms with Gasteiger partial charge in [-0.3, -0.25) is 9.59 Å². The van der Waals surface area contributed by atoms with Crippen LogP contribution in [0.4, 0.5) is 0 Å². The van der Waals surface area contributed by atoms with E-state index in [-0.39, 0.29) is 39.6 Å². The second-order valence-electron chi connectivity index (χ2n) is 11.7. The molecule has 0 radical (unpaired) electrons. The molecule has 0 aromatic rings. The number of hydrogen-bond acceptors (Lipinski definition) is 7. The highest BCUT2D eigenvalue weighted by Gasteiger charge is 2.65. The number of thioether (sulfide) groups is 1. The molecule has 0 unspecified atom stereocenters. The highest BCUT2D eigenvalue weighted by Crippen LogP contribution is 2.69. The first kappa shape index (κ1) is 26.9. The maximum Gasteiger partial charge on any atom is 0.332 e. The second kappa shape index (κ2) is 10.3. The molecule has 0 heterocycles. The number of esters is 1. The normalized spacial score (nSPS) is 40.4. The fourth-order valence-electron chi connectivity index (χ4n) is 8.13. The quantitative estimate of drug-likeness (QED) is 0.371. The fraction of sp³-hybridized carbons (Fsp3) is 0.821. The van der Waals surface area contributed by atoms with Gasteiger partial charge in [-0.2, -0.15) is 0 Å². The number of carbonyl (C=O) groups excluding carboxylic acids is 3. The molecule has 4 aliphatic rings. The van der Waals surface area contributed by atoms with Crippen LogP contribution in [0.15, 0.2) is 11.6 Å². The van der Waals surface area contributed by atoms with Crippen molar-refractivity contribution in [2.45, 2.75) is 96.3 Å². The summed E-state index contributed by atoms with van der Waals surface area (Å²) in [6, 6.07) is 0. The molecule has 6 nitrogen and oxygen atoms in total. The molecule has 0 aromatic carbocycles. The lowest BCUT2D eigenvalue weighted by atomic mass is 9.46. The van der Waals surface area contributed by atoms with Gasteiger partial charge in [-0.15, -0.1) is 0 Å². The van der Waals surface area contributed by atoms with E-state index in [1.165, 1.54) is 17.3 Å². The zero-order valence-corrected chi connectivity index (χ0v) is 22.6. The third-order valence-corrected chi connectivity index (χ3v) is 11.1. The van der Waals surface area contributed by atoms with Gasteiger partial charge in [-0.1, -0.05) is 31.2 Å². The standard InChI is InChI=1S/C28H42O6S/c1-5-33-17-24(31)34-14-6-10-28(32)13-9-22-25-21(8-12-27(22,28)4)26(3)11-7-20(30)15-19(26)16-23(25)35-18(2)29/h15,21-23,25,32H,5-14,16-17H2,1-4H3/t21-,22-,23+,25+,26-,27-,28-/m0/s1. The predicted octanol–water partition coefficient (Wildman–Crippen LogP) is 4.87. The number of hydrogen-bond donors (Lipinski definition) is 1. The number of allylic oxidation sites excluding steroid dienone is 1. The van der Waals surface area contributed by atoms with Crippen molar-refractivity contribution in [3.05, 3.63) is 11.6 Å². The van der Waals surface area contributed by atoms with Crippen molar-refractivity contribution >= 4 is 28.6 Å². The highest BCUT2D eigenvalue weighted by molar-refractivity contribution is 8.14. The van der Waals surface area contributed by atoms with Gasteiger partial charge in [0.25, 0.3) is 0 Å². The highest BCUT2D eigenvalue weighted by atomic mass is 32.2. The van der Waals surface area contributed by atoms with Gasteiger partial charge in [0.15, 0.2) is 10.9 Å². The van der Waals surface area contributed by atoms with Crippen molar-refractivity contribution in [2.75, 3.05) is 19.8 Å². The van der Waals surface area contributed by atoms with Crippen LogP contribution in [0.1, 0.15) is 85.5 Å². The first-order chi connectivity index (χ1) is 16.5. The second-order valence-corrected chi connectivity index (χ2v) is 13.1. The SMILES string of the molecule is CCOCC(=O)OCCC[C@]1(O)CC[C@H]2[C@@H]3[C@H](SC(C)=O)CC4=CC(=O)CC[C@]4(C)[C@H]3CC[C@@]21C. The van der Waals surface area contributed by atoms with Crippen molar-refractivity contribution in [3.8, 4) is 0 Å². The van der Waals surface area contributed by atoms with Crippen molar-refractivity contribution in [3.63, 3.8) is 0 Å². The summed E-state index contributed by atoms with van der Waals surface area (Å²) in [4.78, 5) is 36.3. The Hall–Kier alpha value is -1.18. The molecule has 3 saturated carbocycles. The first-order valence-electron chi connectivity index (χ1n) is 13.4. The van der Waals surface area contributed by atoms with Crippen LogP contribution in [0.2, 0.25) is 0 Å². The molecule has 4 aliphatic carbocycles. The van der Waals surface area contributed by atoms with Crippen LogP contribution in [0.25, 0.3) is 0 Å². The Balaban J connectivity index is 1.51. The van der Waals surface area contributed by atoms with Gasteiger partial charge in [0.05, 0.1) is 12.2 Å². The summed E-state index contributed by atoms with van der Waals surface area (Å²) < 4.78 is 10.4. The minimum atomic E-state index is -0.792. The Labute approximate surface area is 214 Å². The molecule has 1 N–H and O–H groups in total. The average molecular weight is 507 g/mol. The van der Waals surface area contributed by atoms with Crippen molar-refractivity contribution in [1.82, 2.24) is 0 Å². The fourth-order valence-corrected chi connectivity index (χ4v) is 9.36. The smallest absolute Gasteiger partial charge is 0.332 e. The molecule has 0 bridgehead atoms. The Morgan fingerprint density at radius 1 is 1.17 bits per heavy atom. The van der Waals surface area contributed by atoms with Gasteiger partial charge in [-0.25, -0.2) is 4.79 Å². The van der Waals surface area contributed by atoms with E-state index in [1.807, 2.05) is 13.0 Å². The van der Waals surface area contributed by atoms with E-state index in [9.17, 15) is 19.5 Å². The summed E-state index contributed by atoms with van der Waals surface area (Å²) >= 11 is 1.45. The van der Waals surface area contributed by atoms with Gasteiger partial charge in [0.2, 0.25) is 0 Å². The third-order valence-electron chi connectivity index (χ3n) is 10.0. The maximum absolute atomic E-state index is 12.3. The van der Waals surface area contributed by atoms with Crippen LogP contribution < -0.4 is 0 Å². The molecule has 0 saturated heterocycles. The molecule has 196 valence electrons. The number of fused-ring (bicyclic) bond motifs is 5. The summed E-state index contributed by atoms with van der Waals surface area (Å²) in [7, 11) is 0. The van der Waals surface area contributed by atoms with E-state index in [1.54, 1.807) is 6.92 Å². The zero-order chi connectivity index (χ0) is 25.4. The molecule has 7 atom stereocenters. The topological polar surface area (TPSA) is 89.9 Å². The molecular weight excluding hydrogens is 464 g/mol. The molecule has 4 rings (SSSR count). The minimum absolute atomic E-state index is 0.0171. The van der Waals surface area contributed by atoms with Crippen LogP contribution in [-0.4, -0.2) is 52.6 Å². The average Bonchev–Trinajstić information content (AvgIpc) is 3.07. The van der Waals surface area contributed by atoms with Gasteiger partial charge < -0.3 is 14.6 Å². The first-order valence-corrected chi connectivity index (χ1v) is 14.3. The lowest BCUT2D eigenvalue weighted by molar-refractivity contribution is -0.151. The number of carbonyl (C=O) groups is 3. The van der Waals surface area contributed by atoms with Crippen LogP contribution in [0, 0.1) is 28.6 Å². The summed E-state index contributed by atoms with van der Waals surface area (Å²) in [5.74, 6) is 1.01. The van der Waals surface area contributed by atoms with E-state index in [4.69, 9.17) is 9.47 Å². The zero-order valence-electron chi connectivity index (χ0n) is 21.8. The molecule has 0 spiro atoms. The van der Waals surface area contributed by atoms with E-state index < -0.39 is 5.60 Å². The number of rotatable bonds is 8. The van der Waals surface area contributed by atoms with Crippen LogP contribution >= 0.6 is 11.8 Å². The van der Waals surface area contributed by atoms with Crippen LogP contribution in [0.3, 0.4) is 0 Å². The van der Waals surface area contributed by atoms with Gasteiger partial charge in [0, 0.05) is 25.2 Å². The Kier molecular flexibility index (Phi) is 7.90. The number of ketones is 1. The molecule has 0 aliphatic heterocycles. The Morgan fingerprint density at radius 3 is 2.63 bits per heavy atom. The molecule has 0 aromatic heterocycles.